The quantitative estimate of drug-likeness (QED) is 0.772. The van der Waals surface area contributed by atoms with E-state index in [9.17, 15) is 0 Å². The Morgan fingerprint density at radius 2 is 1.88 bits per heavy atom. The second-order valence-electron chi connectivity index (χ2n) is 5.69. The number of hydrogen-bond donors (Lipinski definition) is 1. The van der Waals surface area contributed by atoms with Gasteiger partial charge in [0.05, 0.1) is 0 Å². The van der Waals surface area contributed by atoms with Gasteiger partial charge in [0.25, 0.3) is 0 Å². The molecule has 2 unspecified atom stereocenters. The van der Waals surface area contributed by atoms with Crippen molar-refractivity contribution in [1.29, 1.82) is 0 Å². The highest BCUT2D eigenvalue weighted by atomic mass is 15.2. The van der Waals surface area contributed by atoms with Crippen LogP contribution in [0.5, 0.6) is 0 Å². The minimum Gasteiger partial charge on any atom is -0.317 e. The number of hydrogen-bond acceptors (Lipinski definition) is 2. The highest BCUT2D eigenvalue weighted by Crippen LogP contribution is 2.30. The van der Waals surface area contributed by atoms with Gasteiger partial charge in [-0.1, -0.05) is 19.8 Å². The van der Waals surface area contributed by atoms with E-state index in [2.05, 4.69) is 24.2 Å². The third kappa shape index (κ3) is 2.98. The second-order valence-corrected chi connectivity index (χ2v) is 5.69. The SMILES string of the molecule is CCN(CC1CCC1)C1CCCC(NC)C1. The monoisotopic (exact) mass is 224 g/mol. The topological polar surface area (TPSA) is 15.3 Å². The van der Waals surface area contributed by atoms with Crippen LogP contribution in [-0.2, 0) is 0 Å². The number of rotatable bonds is 5. The molecule has 0 saturated heterocycles. The Kier molecular flexibility index (Phi) is 4.66. The lowest BCUT2D eigenvalue weighted by atomic mass is 9.83. The summed E-state index contributed by atoms with van der Waals surface area (Å²) in [7, 11) is 2.12. The largest absolute Gasteiger partial charge is 0.317 e. The van der Waals surface area contributed by atoms with Crippen LogP contribution in [0.25, 0.3) is 0 Å². The van der Waals surface area contributed by atoms with Crippen molar-refractivity contribution in [2.75, 3.05) is 20.1 Å². The molecule has 0 radical (unpaired) electrons. The van der Waals surface area contributed by atoms with Crippen molar-refractivity contribution >= 4 is 0 Å². The molecule has 2 saturated carbocycles. The van der Waals surface area contributed by atoms with Crippen molar-refractivity contribution in [1.82, 2.24) is 10.2 Å². The summed E-state index contributed by atoms with van der Waals surface area (Å²) in [5.74, 6) is 1.02. The molecule has 0 spiro atoms. The summed E-state index contributed by atoms with van der Waals surface area (Å²) in [5.41, 5.74) is 0. The summed E-state index contributed by atoms with van der Waals surface area (Å²) in [6.45, 7) is 4.96. The summed E-state index contributed by atoms with van der Waals surface area (Å²) in [5, 5.41) is 3.47. The molecular weight excluding hydrogens is 196 g/mol. The fourth-order valence-electron chi connectivity index (χ4n) is 3.30. The van der Waals surface area contributed by atoms with Crippen LogP contribution >= 0.6 is 0 Å². The minimum atomic E-state index is 0.772. The standard InChI is InChI=1S/C14H28N2/c1-3-16(11-12-6-4-7-12)14-9-5-8-13(10-14)15-2/h12-15H,3-11H2,1-2H3. The molecule has 0 bridgehead atoms. The molecule has 0 aromatic heterocycles. The predicted octanol–water partition coefficient (Wildman–Crippen LogP) is 2.64. The van der Waals surface area contributed by atoms with Gasteiger partial charge in [-0.25, -0.2) is 0 Å². The highest BCUT2D eigenvalue weighted by Gasteiger charge is 2.28. The van der Waals surface area contributed by atoms with Gasteiger partial charge in [0.1, 0.15) is 0 Å². The van der Waals surface area contributed by atoms with E-state index in [1.54, 1.807) is 0 Å². The summed E-state index contributed by atoms with van der Waals surface area (Å²) in [6.07, 6.45) is 10.0. The molecule has 2 atom stereocenters. The van der Waals surface area contributed by atoms with Crippen molar-refractivity contribution in [3.8, 4) is 0 Å². The van der Waals surface area contributed by atoms with E-state index in [1.807, 2.05) is 0 Å². The average molecular weight is 224 g/mol. The Labute approximate surface area is 101 Å². The maximum absolute atomic E-state index is 3.47. The molecule has 2 fully saturated rings. The molecule has 0 amide bonds. The van der Waals surface area contributed by atoms with Gasteiger partial charge in [-0.3, -0.25) is 0 Å². The van der Waals surface area contributed by atoms with Crippen LogP contribution in [0.2, 0.25) is 0 Å². The normalized spacial score (nSPS) is 31.7. The summed E-state index contributed by atoms with van der Waals surface area (Å²) in [4.78, 5) is 2.76. The number of nitrogens with one attached hydrogen (secondary N) is 1. The first-order valence-electron chi connectivity index (χ1n) is 7.24. The van der Waals surface area contributed by atoms with Crippen LogP contribution in [0, 0.1) is 5.92 Å². The van der Waals surface area contributed by atoms with Crippen molar-refractivity contribution in [3.63, 3.8) is 0 Å². The van der Waals surface area contributed by atoms with E-state index in [0.717, 1.165) is 18.0 Å². The van der Waals surface area contributed by atoms with Crippen LogP contribution in [0.1, 0.15) is 51.9 Å². The van der Waals surface area contributed by atoms with Gasteiger partial charge in [0.15, 0.2) is 0 Å². The Morgan fingerprint density at radius 3 is 2.44 bits per heavy atom. The van der Waals surface area contributed by atoms with E-state index >= 15 is 0 Å². The van der Waals surface area contributed by atoms with Crippen molar-refractivity contribution in [2.45, 2.75) is 64.0 Å². The molecule has 16 heavy (non-hydrogen) atoms. The maximum atomic E-state index is 3.47. The van der Waals surface area contributed by atoms with Crippen molar-refractivity contribution in [3.05, 3.63) is 0 Å². The summed E-state index contributed by atoms with van der Waals surface area (Å²) < 4.78 is 0. The lowest BCUT2D eigenvalue weighted by Gasteiger charge is -2.40. The van der Waals surface area contributed by atoms with Crippen LogP contribution in [0.4, 0.5) is 0 Å². The minimum absolute atomic E-state index is 0.772. The van der Waals surface area contributed by atoms with Crippen molar-refractivity contribution in [2.24, 2.45) is 5.92 Å². The second kappa shape index (κ2) is 6.02. The molecule has 0 aromatic rings. The molecule has 1 N–H and O–H groups in total. The van der Waals surface area contributed by atoms with Crippen LogP contribution in [-0.4, -0.2) is 37.1 Å². The Hall–Kier alpha value is -0.0800. The van der Waals surface area contributed by atoms with E-state index in [-0.39, 0.29) is 0 Å². The third-order valence-corrected chi connectivity index (χ3v) is 4.69. The lowest BCUT2D eigenvalue weighted by molar-refractivity contribution is 0.104. The molecule has 0 aromatic carbocycles. The summed E-state index contributed by atoms with van der Waals surface area (Å²) in [6, 6.07) is 1.63. The van der Waals surface area contributed by atoms with Gasteiger partial charge in [0.2, 0.25) is 0 Å². The molecule has 2 aliphatic rings. The Bertz CT molecular complexity index is 199. The molecule has 2 nitrogen and oxygen atoms in total. The van der Waals surface area contributed by atoms with Gasteiger partial charge in [-0.15, -0.1) is 0 Å². The number of nitrogens with zero attached hydrogens (tertiary/aromatic N) is 1. The Morgan fingerprint density at radius 1 is 1.12 bits per heavy atom. The van der Waals surface area contributed by atoms with Crippen molar-refractivity contribution < 1.29 is 0 Å². The molecule has 2 aliphatic carbocycles. The van der Waals surface area contributed by atoms with Gasteiger partial charge in [-0.05, 0) is 51.6 Å². The molecule has 2 heteroatoms. The zero-order chi connectivity index (χ0) is 11.4. The van der Waals surface area contributed by atoms with Crippen LogP contribution in [0.15, 0.2) is 0 Å². The molecular formula is C14H28N2. The Balaban J connectivity index is 1.81. The molecule has 94 valence electrons. The fraction of sp³-hybridized carbons (Fsp3) is 1.00. The summed E-state index contributed by atoms with van der Waals surface area (Å²) >= 11 is 0. The third-order valence-electron chi connectivity index (χ3n) is 4.69. The predicted molar refractivity (Wildman–Crippen MR) is 69.7 cm³/mol. The van der Waals surface area contributed by atoms with E-state index in [4.69, 9.17) is 0 Å². The highest BCUT2D eigenvalue weighted by molar-refractivity contribution is 4.85. The fourth-order valence-corrected chi connectivity index (χ4v) is 3.30. The van der Waals surface area contributed by atoms with Gasteiger partial charge < -0.3 is 10.2 Å². The van der Waals surface area contributed by atoms with Crippen LogP contribution < -0.4 is 5.32 Å². The zero-order valence-corrected chi connectivity index (χ0v) is 11.0. The van der Waals surface area contributed by atoms with Gasteiger partial charge >= 0.3 is 0 Å². The first-order chi connectivity index (χ1) is 7.83. The first kappa shape index (κ1) is 12.4. The molecule has 2 rings (SSSR count). The zero-order valence-electron chi connectivity index (χ0n) is 11.0. The van der Waals surface area contributed by atoms with E-state index in [1.165, 1.54) is 58.0 Å². The van der Waals surface area contributed by atoms with E-state index in [0.29, 0.717) is 0 Å². The molecule has 0 aliphatic heterocycles. The maximum Gasteiger partial charge on any atom is 0.0110 e. The van der Waals surface area contributed by atoms with Gasteiger partial charge in [0, 0.05) is 18.6 Å². The van der Waals surface area contributed by atoms with Gasteiger partial charge in [-0.2, -0.15) is 0 Å². The average Bonchev–Trinajstić information content (AvgIpc) is 2.28. The smallest absolute Gasteiger partial charge is 0.0110 e. The van der Waals surface area contributed by atoms with E-state index < -0.39 is 0 Å². The van der Waals surface area contributed by atoms with Crippen LogP contribution in [0.3, 0.4) is 0 Å². The lowest BCUT2D eigenvalue weighted by Crippen LogP contribution is -2.45. The first-order valence-corrected chi connectivity index (χ1v) is 7.24. The molecule has 0 heterocycles.